The Morgan fingerprint density at radius 3 is 3.04 bits per heavy atom. The normalized spacial score (nSPS) is 23.9. The van der Waals surface area contributed by atoms with Crippen LogP contribution in [0.3, 0.4) is 0 Å². The van der Waals surface area contributed by atoms with Gasteiger partial charge in [0.2, 0.25) is 0 Å². The van der Waals surface area contributed by atoms with Gasteiger partial charge in [0.25, 0.3) is 0 Å². The van der Waals surface area contributed by atoms with Crippen molar-refractivity contribution in [3.05, 3.63) is 24.3 Å². The Morgan fingerprint density at radius 1 is 1.43 bits per heavy atom. The Morgan fingerprint density at radius 2 is 2.26 bits per heavy atom. The Kier molecular flexibility index (Phi) is 5.00. The molecular weight excluding hydrogens is 298 g/mol. The van der Waals surface area contributed by atoms with Gasteiger partial charge < -0.3 is 30.0 Å². The quantitative estimate of drug-likeness (QED) is 0.643. The maximum absolute atomic E-state index is 6.01. The molecule has 0 aliphatic carbocycles. The van der Waals surface area contributed by atoms with Gasteiger partial charge >= 0.3 is 0 Å². The molecule has 2 aliphatic rings. The molecule has 0 amide bonds. The monoisotopic (exact) mass is 321 g/mol. The summed E-state index contributed by atoms with van der Waals surface area (Å²) in [6.45, 7) is 2.35. The summed E-state index contributed by atoms with van der Waals surface area (Å²) in [7, 11) is 1.63. The van der Waals surface area contributed by atoms with E-state index >= 15 is 0 Å². The molecule has 2 heterocycles. The van der Waals surface area contributed by atoms with Gasteiger partial charge in [-0.05, 0) is 12.1 Å². The van der Waals surface area contributed by atoms with Gasteiger partial charge in [0.05, 0.1) is 33.5 Å². The third-order valence-electron chi connectivity index (χ3n) is 3.98. The summed E-state index contributed by atoms with van der Waals surface area (Å²) in [5, 5.41) is 3.04. The highest BCUT2D eigenvalue weighted by Gasteiger charge is 2.42. The van der Waals surface area contributed by atoms with Crippen LogP contribution in [-0.2, 0) is 14.2 Å². The molecule has 2 fully saturated rings. The first-order chi connectivity index (χ1) is 11.2. The minimum atomic E-state index is -0.479. The highest BCUT2D eigenvalue weighted by molar-refractivity contribution is 5.92. The SMILES string of the molecule is COc1cccc(NC(N)=NCC2COC3(CCOCC3)O2)c1. The summed E-state index contributed by atoms with van der Waals surface area (Å²) in [6, 6.07) is 7.51. The molecule has 126 valence electrons. The fourth-order valence-corrected chi connectivity index (χ4v) is 2.74. The lowest BCUT2D eigenvalue weighted by Gasteiger charge is -2.31. The third kappa shape index (κ3) is 4.13. The van der Waals surface area contributed by atoms with Crippen molar-refractivity contribution in [1.82, 2.24) is 0 Å². The fourth-order valence-electron chi connectivity index (χ4n) is 2.74. The van der Waals surface area contributed by atoms with Crippen LogP contribution in [0.15, 0.2) is 29.3 Å². The topological polar surface area (TPSA) is 87.3 Å². The van der Waals surface area contributed by atoms with E-state index in [1.807, 2.05) is 24.3 Å². The van der Waals surface area contributed by atoms with Gasteiger partial charge in [0.1, 0.15) is 11.9 Å². The molecule has 7 heteroatoms. The number of nitrogens with two attached hydrogens (primary N) is 1. The van der Waals surface area contributed by atoms with E-state index in [1.165, 1.54) is 0 Å². The molecule has 2 saturated heterocycles. The van der Waals surface area contributed by atoms with Gasteiger partial charge in [-0.25, -0.2) is 0 Å². The Hall–Kier alpha value is -1.83. The van der Waals surface area contributed by atoms with Crippen LogP contribution in [-0.4, -0.2) is 51.3 Å². The third-order valence-corrected chi connectivity index (χ3v) is 3.98. The summed E-state index contributed by atoms with van der Waals surface area (Å²) >= 11 is 0. The second-order valence-corrected chi connectivity index (χ2v) is 5.66. The summed E-state index contributed by atoms with van der Waals surface area (Å²) in [6.07, 6.45) is 1.47. The second kappa shape index (κ2) is 7.16. The number of aliphatic imine (C=N–C) groups is 1. The zero-order valence-corrected chi connectivity index (χ0v) is 13.3. The van der Waals surface area contributed by atoms with Crippen LogP contribution in [0.4, 0.5) is 5.69 Å². The van der Waals surface area contributed by atoms with E-state index in [9.17, 15) is 0 Å². The maximum atomic E-state index is 6.01. The Balaban J connectivity index is 1.51. The molecular formula is C16H23N3O4. The number of anilines is 1. The average Bonchev–Trinajstić information content (AvgIpc) is 2.96. The van der Waals surface area contributed by atoms with Crippen molar-refractivity contribution >= 4 is 11.6 Å². The molecule has 0 aromatic heterocycles. The summed E-state index contributed by atoms with van der Waals surface area (Å²) < 4.78 is 22.4. The van der Waals surface area contributed by atoms with E-state index in [0.717, 1.165) is 24.3 Å². The van der Waals surface area contributed by atoms with Crippen LogP contribution in [0.2, 0.25) is 0 Å². The standard InChI is InChI=1S/C16H23N3O4/c1-20-13-4-2-3-12(9-13)19-15(17)18-10-14-11-22-16(23-14)5-7-21-8-6-16/h2-4,9,14H,5-8,10-11H2,1H3,(H3,17,18,19). The summed E-state index contributed by atoms with van der Waals surface area (Å²) in [4.78, 5) is 4.34. The molecule has 1 aromatic rings. The molecule has 0 bridgehead atoms. The van der Waals surface area contributed by atoms with Crippen molar-refractivity contribution in [2.24, 2.45) is 10.7 Å². The molecule has 1 atom stereocenters. The van der Waals surface area contributed by atoms with E-state index in [2.05, 4.69) is 10.3 Å². The minimum Gasteiger partial charge on any atom is -0.497 e. The first-order valence-electron chi connectivity index (χ1n) is 7.80. The van der Waals surface area contributed by atoms with Crippen molar-refractivity contribution in [2.45, 2.75) is 24.7 Å². The van der Waals surface area contributed by atoms with Gasteiger partial charge in [-0.1, -0.05) is 6.07 Å². The van der Waals surface area contributed by atoms with Gasteiger partial charge in [-0.15, -0.1) is 0 Å². The molecule has 3 rings (SSSR count). The predicted octanol–water partition coefficient (Wildman–Crippen LogP) is 1.34. The second-order valence-electron chi connectivity index (χ2n) is 5.66. The van der Waals surface area contributed by atoms with Crippen LogP contribution >= 0.6 is 0 Å². The number of rotatable bonds is 4. The molecule has 0 saturated carbocycles. The van der Waals surface area contributed by atoms with Crippen LogP contribution in [0, 0.1) is 0 Å². The molecule has 0 radical (unpaired) electrons. The molecule has 1 unspecified atom stereocenters. The largest absolute Gasteiger partial charge is 0.497 e. The van der Waals surface area contributed by atoms with Crippen molar-refractivity contribution in [2.75, 3.05) is 38.8 Å². The van der Waals surface area contributed by atoms with Crippen LogP contribution in [0.5, 0.6) is 5.75 Å². The maximum Gasteiger partial charge on any atom is 0.193 e. The lowest BCUT2D eigenvalue weighted by molar-refractivity contribution is -0.210. The van der Waals surface area contributed by atoms with E-state index < -0.39 is 5.79 Å². The smallest absolute Gasteiger partial charge is 0.193 e. The molecule has 3 N–H and O–H groups in total. The van der Waals surface area contributed by atoms with Crippen molar-refractivity contribution in [3.63, 3.8) is 0 Å². The van der Waals surface area contributed by atoms with E-state index in [-0.39, 0.29) is 6.10 Å². The van der Waals surface area contributed by atoms with Crippen LogP contribution in [0.1, 0.15) is 12.8 Å². The zero-order chi connectivity index (χ0) is 16.1. The lowest BCUT2D eigenvalue weighted by Crippen LogP contribution is -2.38. The number of hydrogen-bond donors (Lipinski definition) is 2. The predicted molar refractivity (Wildman–Crippen MR) is 86.7 cm³/mol. The number of guanidine groups is 1. The van der Waals surface area contributed by atoms with Gasteiger partial charge in [-0.3, -0.25) is 4.99 Å². The minimum absolute atomic E-state index is 0.0706. The van der Waals surface area contributed by atoms with Crippen molar-refractivity contribution < 1.29 is 18.9 Å². The number of nitrogens with zero attached hydrogens (tertiary/aromatic N) is 1. The molecule has 1 aromatic carbocycles. The highest BCUT2D eigenvalue weighted by atomic mass is 16.7. The van der Waals surface area contributed by atoms with E-state index in [0.29, 0.717) is 32.3 Å². The van der Waals surface area contributed by atoms with Gasteiger partial charge in [0.15, 0.2) is 11.7 Å². The first-order valence-corrected chi connectivity index (χ1v) is 7.80. The fraction of sp³-hybridized carbons (Fsp3) is 0.562. The van der Waals surface area contributed by atoms with E-state index in [1.54, 1.807) is 7.11 Å². The number of methoxy groups -OCH3 is 1. The highest BCUT2D eigenvalue weighted by Crippen LogP contribution is 2.33. The lowest BCUT2D eigenvalue weighted by atomic mass is 10.1. The van der Waals surface area contributed by atoms with Crippen molar-refractivity contribution in [1.29, 1.82) is 0 Å². The number of hydrogen-bond acceptors (Lipinski definition) is 5. The Labute approximate surface area is 135 Å². The number of benzene rings is 1. The molecule has 1 spiro atoms. The van der Waals surface area contributed by atoms with Gasteiger partial charge in [0, 0.05) is 24.6 Å². The average molecular weight is 321 g/mol. The summed E-state index contributed by atoms with van der Waals surface area (Å²) in [5.41, 5.74) is 6.76. The number of nitrogens with one attached hydrogen (secondary N) is 1. The first kappa shape index (κ1) is 16.0. The van der Waals surface area contributed by atoms with Crippen molar-refractivity contribution in [3.8, 4) is 5.75 Å². The number of ether oxygens (including phenoxy) is 4. The molecule has 2 aliphatic heterocycles. The molecule has 7 nitrogen and oxygen atoms in total. The van der Waals surface area contributed by atoms with Gasteiger partial charge in [-0.2, -0.15) is 0 Å². The van der Waals surface area contributed by atoms with Crippen LogP contribution in [0.25, 0.3) is 0 Å². The Bertz CT molecular complexity index is 558. The van der Waals surface area contributed by atoms with Crippen LogP contribution < -0.4 is 15.8 Å². The zero-order valence-electron chi connectivity index (χ0n) is 13.3. The molecule has 23 heavy (non-hydrogen) atoms. The summed E-state index contributed by atoms with van der Waals surface area (Å²) in [5.74, 6) is 0.625. The van der Waals surface area contributed by atoms with E-state index in [4.69, 9.17) is 24.7 Å².